The van der Waals surface area contributed by atoms with Gasteiger partial charge < -0.3 is 30.6 Å². The van der Waals surface area contributed by atoms with Gasteiger partial charge in [0.1, 0.15) is 36.1 Å². The van der Waals surface area contributed by atoms with Crippen LogP contribution in [0.3, 0.4) is 0 Å². The van der Waals surface area contributed by atoms with Gasteiger partial charge in [-0.2, -0.15) is 0 Å². The third-order valence-electron chi connectivity index (χ3n) is 2.54. The highest BCUT2D eigenvalue weighted by Crippen LogP contribution is 2.29. The molecule has 0 bridgehead atoms. The molecule has 13 heavy (non-hydrogen) atoms. The van der Waals surface area contributed by atoms with E-state index < -0.39 is 36.1 Å². The Morgan fingerprint density at radius 1 is 0.769 bits per heavy atom. The molecular weight excluding hydrogens is 180 g/mol. The fourth-order valence-electron chi connectivity index (χ4n) is 1.44. The van der Waals surface area contributed by atoms with Gasteiger partial charge in [0.15, 0.2) is 0 Å². The Hall–Kier alpha value is -0.240. The van der Waals surface area contributed by atoms with Gasteiger partial charge in [0, 0.05) is 0 Å². The molecule has 0 amide bonds. The topological polar surface area (TPSA) is 121 Å². The highest BCUT2D eigenvalue weighted by Gasteiger charge is 2.54. The maximum absolute atomic E-state index is 9.44. The summed E-state index contributed by atoms with van der Waals surface area (Å²) in [6, 6.07) is 0. The molecule has 1 rings (SSSR count). The Bertz CT molecular complexity index is 175. The molecule has 0 spiro atoms. The average Bonchev–Trinajstić information content (AvgIpc) is 2.09. The van der Waals surface area contributed by atoms with Crippen molar-refractivity contribution in [1.29, 1.82) is 0 Å². The molecule has 6 atom stereocenters. The highest BCUT2D eigenvalue weighted by molar-refractivity contribution is 5.05. The van der Waals surface area contributed by atoms with E-state index in [0.29, 0.717) is 0 Å². The first kappa shape index (κ1) is 10.8. The Morgan fingerprint density at radius 2 is 1.08 bits per heavy atom. The first-order chi connectivity index (χ1) is 5.80. The van der Waals surface area contributed by atoms with Gasteiger partial charge in [-0.3, -0.25) is 0 Å². The van der Waals surface area contributed by atoms with Gasteiger partial charge in [-0.15, -0.1) is 0 Å². The van der Waals surface area contributed by atoms with Gasteiger partial charge in [-0.05, 0) is 6.92 Å². The SMILES string of the molecule is CC1(O)[C@H](O)[C@H](O)C(O)[C@H](O)[C@@H]1O. The number of aliphatic hydroxyl groups is 6. The molecule has 78 valence electrons. The second-order valence-corrected chi connectivity index (χ2v) is 3.59. The molecule has 1 aliphatic carbocycles. The fraction of sp³-hybridized carbons (Fsp3) is 1.00. The summed E-state index contributed by atoms with van der Waals surface area (Å²) in [7, 11) is 0. The van der Waals surface area contributed by atoms with E-state index in [1.807, 2.05) is 0 Å². The molecule has 1 fully saturated rings. The minimum absolute atomic E-state index is 1.07. The van der Waals surface area contributed by atoms with Crippen LogP contribution >= 0.6 is 0 Å². The summed E-state index contributed by atoms with van der Waals surface area (Å²) in [5.74, 6) is 0. The van der Waals surface area contributed by atoms with Gasteiger partial charge in [0.2, 0.25) is 0 Å². The first-order valence-corrected chi connectivity index (χ1v) is 3.93. The summed E-state index contributed by atoms with van der Waals surface area (Å²) in [4.78, 5) is 0. The predicted octanol–water partition coefficient (Wildman–Crippen LogP) is -3.44. The molecule has 0 radical (unpaired) electrons. The van der Waals surface area contributed by atoms with E-state index in [0.717, 1.165) is 6.92 Å². The maximum Gasteiger partial charge on any atom is 0.119 e. The van der Waals surface area contributed by atoms with Crippen molar-refractivity contribution in [2.24, 2.45) is 0 Å². The van der Waals surface area contributed by atoms with Crippen LogP contribution in [0.1, 0.15) is 6.92 Å². The molecule has 1 aliphatic rings. The monoisotopic (exact) mass is 194 g/mol. The van der Waals surface area contributed by atoms with Gasteiger partial charge in [0.25, 0.3) is 0 Å². The van der Waals surface area contributed by atoms with Crippen molar-refractivity contribution in [3.63, 3.8) is 0 Å². The predicted molar refractivity (Wildman–Crippen MR) is 40.7 cm³/mol. The highest BCUT2D eigenvalue weighted by atomic mass is 16.4. The number of aliphatic hydroxyl groups excluding tert-OH is 5. The molecule has 0 aromatic carbocycles. The van der Waals surface area contributed by atoms with Crippen LogP contribution in [0.4, 0.5) is 0 Å². The van der Waals surface area contributed by atoms with Crippen molar-refractivity contribution in [3.8, 4) is 0 Å². The van der Waals surface area contributed by atoms with Crippen LogP contribution in [0.15, 0.2) is 0 Å². The molecule has 6 heteroatoms. The third-order valence-corrected chi connectivity index (χ3v) is 2.54. The van der Waals surface area contributed by atoms with Gasteiger partial charge in [-0.25, -0.2) is 0 Å². The second-order valence-electron chi connectivity index (χ2n) is 3.59. The Labute approximate surface area is 74.7 Å². The van der Waals surface area contributed by atoms with E-state index in [1.54, 1.807) is 0 Å². The van der Waals surface area contributed by atoms with Crippen LogP contribution in [0.25, 0.3) is 0 Å². The summed E-state index contributed by atoms with van der Waals surface area (Å²) in [6.07, 6.45) is -8.39. The molecular formula is C7H14O6. The van der Waals surface area contributed by atoms with E-state index >= 15 is 0 Å². The van der Waals surface area contributed by atoms with Crippen molar-refractivity contribution in [1.82, 2.24) is 0 Å². The van der Waals surface area contributed by atoms with Crippen LogP contribution in [0.5, 0.6) is 0 Å². The molecule has 0 aromatic rings. The van der Waals surface area contributed by atoms with Crippen molar-refractivity contribution < 1.29 is 30.6 Å². The first-order valence-electron chi connectivity index (χ1n) is 3.93. The molecule has 0 saturated heterocycles. The van der Waals surface area contributed by atoms with Crippen LogP contribution in [-0.2, 0) is 0 Å². The Morgan fingerprint density at radius 3 is 1.38 bits per heavy atom. The van der Waals surface area contributed by atoms with Crippen molar-refractivity contribution in [2.45, 2.75) is 43.0 Å². The molecule has 6 N–H and O–H groups in total. The normalized spacial score (nSPS) is 57.9. The zero-order valence-electron chi connectivity index (χ0n) is 7.07. The van der Waals surface area contributed by atoms with Crippen LogP contribution < -0.4 is 0 Å². The third kappa shape index (κ3) is 1.45. The lowest BCUT2D eigenvalue weighted by atomic mass is 9.76. The number of hydrogen-bond acceptors (Lipinski definition) is 6. The van der Waals surface area contributed by atoms with Crippen LogP contribution in [0.2, 0.25) is 0 Å². The van der Waals surface area contributed by atoms with E-state index in [-0.39, 0.29) is 0 Å². The number of rotatable bonds is 0. The summed E-state index contributed by atoms with van der Waals surface area (Å²) < 4.78 is 0. The molecule has 1 saturated carbocycles. The lowest BCUT2D eigenvalue weighted by molar-refractivity contribution is -0.261. The van der Waals surface area contributed by atoms with E-state index in [9.17, 15) is 15.3 Å². The standard InChI is InChI=1S/C7H14O6/c1-7(13)5(11)3(9)2(8)4(10)6(7)12/h2-6,8-13H,1H3/t2?,3-,4+,5-,6+,7?. The Kier molecular flexibility index (Phi) is 2.63. The maximum atomic E-state index is 9.44. The van der Waals surface area contributed by atoms with Gasteiger partial charge in [0.05, 0.1) is 0 Å². The van der Waals surface area contributed by atoms with Crippen LogP contribution in [-0.4, -0.2) is 66.8 Å². The minimum atomic E-state index is -2.03. The summed E-state index contributed by atoms with van der Waals surface area (Å²) >= 11 is 0. The molecule has 6 nitrogen and oxygen atoms in total. The zero-order valence-corrected chi connectivity index (χ0v) is 7.07. The van der Waals surface area contributed by atoms with E-state index in [4.69, 9.17) is 15.3 Å². The van der Waals surface area contributed by atoms with E-state index in [1.165, 1.54) is 0 Å². The van der Waals surface area contributed by atoms with Gasteiger partial charge >= 0.3 is 0 Å². The fourth-order valence-corrected chi connectivity index (χ4v) is 1.44. The van der Waals surface area contributed by atoms with Crippen molar-refractivity contribution in [2.75, 3.05) is 0 Å². The average molecular weight is 194 g/mol. The van der Waals surface area contributed by atoms with Gasteiger partial charge in [-0.1, -0.05) is 0 Å². The van der Waals surface area contributed by atoms with E-state index in [2.05, 4.69) is 0 Å². The lowest BCUT2D eigenvalue weighted by Gasteiger charge is -2.45. The number of hydrogen-bond donors (Lipinski definition) is 6. The smallest absolute Gasteiger partial charge is 0.119 e. The Balaban J connectivity index is 2.93. The lowest BCUT2D eigenvalue weighted by Crippen LogP contribution is -2.69. The minimum Gasteiger partial charge on any atom is -0.387 e. The quantitative estimate of drug-likeness (QED) is 0.238. The molecule has 0 aliphatic heterocycles. The largest absolute Gasteiger partial charge is 0.387 e. The summed E-state index contributed by atoms with van der Waals surface area (Å²) in [6.45, 7) is 1.07. The zero-order chi connectivity index (χ0) is 10.4. The second kappa shape index (κ2) is 3.16. The van der Waals surface area contributed by atoms with Crippen molar-refractivity contribution in [3.05, 3.63) is 0 Å². The molecule has 2 unspecified atom stereocenters. The summed E-state index contributed by atoms with van der Waals surface area (Å²) in [5, 5.41) is 55.3. The van der Waals surface area contributed by atoms with Crippen molar-refractivity contribution >= 4 is 0 Å². The molecule has 0 heterocycles. The summed E-state index contributed by atoms with van der Waals surface area (Å²) in [5.41, 5.74) is -2.03. The molecule has 0 aromatic heterocycles. The van der Waals surface area contributed by atoms with Crippen LogP contribution in [0, 0.1) is 0 Å².